The zero-order valence-electron chi connectivity index (χ0n) is 11.3. The summed E-state index contributed by atoms with van der Waals surface area (Å²) in [5.41, 5.74) is 2.31. The van der Waals surface area contributed by atoms with Crippen molar-refractivity contribution in [2.24, 2.45) is 13.0 Å². The van der Waals surface area contributed by atoms with Crippen LogP contribution in [0.3, 0.4) is 0 Å². The van der Waals surface area contributed by atoms with Gasteiger partial charge >= 0.3 is 0 Å². The predicted octanol–water partition coefficient (Wildman–Crippen LogP) is 3.27. The molecule has 2 aromatic rings. The monoisotopic (exact) mass is 321 g/mol. The summed E-state index contributed by atoms with van der Waals surface area (Å²) < 4.78 is 3.33. The van der Waals surface area contributed by atoms with Crippen LogP contribution in [0.15, 0.2) is 22.7 Å². The first-order valence-electron chi connectivity index (χ1n) is 7.05. The second-order valence-corrected chi connectivity index (χ2v) is 6.39. The summed E-state index contributed by atoms with van der Waals surface area (Å²) in [5, 5.41) is 3.49. The number of hydrogen-bond donors (Lipinski definition) is 1. The highest BCUT2D eigenvalue weighted by Crippen LogP contribution is 2.22. The molecular weight excluding hydrogens is 302 g/mol. The Morgan fingerprint density at radius 3 is 3.16 bits per heavy atom. The molecule has 1 N–H and O–H groups in total. The molecular formula is C15H20BrN3. The van der Waals surface area contributed by atoms with E-state index in [1.165, 1.54) is 43.7 Å². The summed E-state index contributed by atoms with van der Waals surface area (Å²) >= 11 is 3.51. The molecule has 102 valence electrons. The van der Waals surface area contributed by atoms with Gasteiger partial charge in [0.05, 0.1) is 11.0 Å². The van der Waals surface area contributed by atoms with Crippen LogP contribution in [-0.2, 0) is 13.5 Å². The molecule has 0 amide bonds. The van der Waals surface area contributed by atoms with Gasteiger partial charge < -0.3 is 9.88 Å². The predicted molar refractivity (Wildman–Crippen MR) is 82.3 cm³/mol. The van der Waals surface area contributed by atoms with Crippen molar-refractivity contribution >= 4 is 27.0 Å². The number of fused-ring (bicyclic) bond motifs is 1. The van der Waals surface area contributed by atoms with Crippen molar-refractivity contribution in [1.82, 2.24) is 14.9 Å². The SMILES string of the molecule is Cn1c(CCC2CCCNC2)nc2cc(Br)ccc21. The van der Waals surface area contributed by atoms with Gasteiger partial charge in [0.15, 0.2) is 0 Å². The minimum Gasteiger partial charge on any atom is -0.331 e. The van der Waals surface area contributed by atoms with Gasteiger partial charge in [-0.15, -0.1) is 0 Å². The Kier molecular flexibility index (Phi) is 3.89. The van der Waals surface area contributed by atoms with E-state index in [0.29, 0.717) is 0 Å². The number of aromatic nitrogens is 2. The van der Waals surface area contributed by atoms with Crippen LogP contribution in [0.25, 0.3) is 11.0 Å². The molecule has 1 unspecified atom stereocenters. The zero-order valence-corrected chi connectivity index (χ0v) is 12.9. The molecule has 1 fully saturated rings. The van der Waals surface area contributed by atoms with Gasteiger partial charge in [-0.05, 0) is 56.5 Å². The third-order valence-corrected chi connectivity index (χ3v) is 4.60. The lowest BCUT2D eigenvalue weighted by atomic mass is 9.94. The van der Waals surface area contributed by atoms with Crippen molar-refractivity contribution in [3.8, 4) is 0 Å². The van der Waals surface area contributed by atoms with Gasteiger partial charge in [-0.3, -0.25) is 0 Å². The molecule has 4 heteroatoms. The topological polar surface area (TPSA) is 29.9 Å². The fraction of sp³-hybridized carbons (Fsp3) is 0.533. The van der Waals surface area contributed by atoms with E-state index >= 15 is 0 Å². The Morgan fingerprint density at radius 2 is 2.37 bits per heavy atom. The van der Waals surface area contributed by atoms with Gasteiger partial charge in [-0.2, -0.15) is 0 Å². The van der Waals surface area contributed by atoms with E-state index in [4.69, 9.17) is 4.98 Å². The Hall–Kier alpha value is -0.870. The molecule has 0 spiro atoms. The van der Waals surface area contributed by atoms with E-state index in [2.05, 4.69) is 51.1 Å². The fourth-order valence-electron chi connectivity index (χ4n) is 2.95. The lowest BCUT2D eigenvalue weighted by Gasteiger charge is -2.22. The molecule has 2 heterocycles. The lowest BCUT2D eigenvalue weighted by Crippen LogP contribution is -2.30. The second kappa shape index (κ2) is 5.63. The van der Waals surface area contributed by atoms with Crippen LogP contribution < -0.4 is 5.32 Å². The number of benzene rings is 1. The maximum Gasteiger partial charge on any atom is 0.109 e. The Labute approximate surface area is 122 Å². The van der Waals surface area contributed by atoms with Gasteiger partial charge in [0.1, 0.15) is 5.82 Å². The van der Waals surface area contributed by atoms with Crippen LogP contribution in [0.4, 0.5) is 0 Å². The zero-order chi connectivity index (χ0) is 13.2. The summed E-state index contributed by atoms with van der Waals surface area (Å²) in [7, 11) is 2.12. The van der Waals surface area contributed by atoms with Crippen LogP contribution in [0, 0.1) is 5.92 Å². The molecule has 1 aromatic carbocycles. The molecule has 1 aromatic heterocycles. The molecule has 1 atom stereocenters. The Morgan fingerprint density at radius 1 is 1.47 bits per heavy atom. The molecule has 1 aliphatic heterocycles. The number of rotatable bonds is 3. The highest BCUT2D eigenvalue weighted by atomic mass is 79.9. The van der Waals surface area contributed by atoms with Crippen LogP contribution in [0.5, 0.6) is 0 Å². The summed E-state index contributed by atoms with van der Waals surface area (Å²) in [6.07, 6.45) is 5.00. The molecule has 0 saturated carbocycles. The summed E-state index contributed by atoms with van der Waals surface area (Å²) in [6, 6.07) is 6.32. The van der Waals surface area contributed by atoms with E-state index < -0.39 is 0 Å². The van der Waals surface area contributed by atoms with Gasteiger partial charge in [0, 0.05) is 17.9 Å². The lowest BCUT2D eigenvalue weighted by molar-refractivity contribution is 0.355. The van der Waals surface area contributed by atoms with Gasteiger partial charge in [-0.1, -0.05) is 15.9 Å². The van der Waals surface area contributed by atoms with Crippen LogP contribution in [-0.4, -0.2) is 22.6 Å². The molecule has 0 radical (unpaired) electrons. The van der Waals surface area contributed by atoms with Crippen molar-refractivity contribution in [3.05, 3.63) is 28.5 Å². The van der Waals surface area contributed by atoms with Gasteiger partial charge in [0.2, 0.25) is 0 Å². The molecule has 1 saturated heterocycles. The van der Waals surface area contributed by atoms with Crippen molar-refractivity contribution in [2.75, 3.05) is 13.1 Å². The highest BCUT2D eigenvalue weighted by Gasteiger charge is 2.15. The number of piperidine rings is 1. The number of aryl methyl sites for hydroxylation is 2. The quantitative estimate of drug-likeness (QED) is 0.940. The number of nitrogens with one attached hydrogen (secondary N) is 1. The Bertz CT molecular complexity index is 570. The van der Waals surface area contributed by atoms with E-state index in [9.17, 15) is 0 Å². The molecule has 3 rings (SSSR count). The summed E-state index contributed by atoms with van der Waals surface area (Å²) in [4.78, 5) is 4.77. The average molecular weight is 322 g/mol. The van der Waals surface area contributed by atoms with E-state index in [1.807, 2.05) is 0 Å². The second-order valence-electron chi connectivity index (χ2n) is 5.47. The first-order valence-corrected chi connectivity index (χ1v) is 7.85. The smallest absolute Gasteiger partial charge is 0.109 e. The van der Waals surface area contributed by atoms with Crippen molar-refractivity contribution < 1.29 is 0 Å². The normalized spacial score (nSPS) is 20.0. The first-order chi connectivity index (χ1) is 9.24. The maximum absolute atomic E-state index is 4.77. The third kappa shape index (κ3) is 2.84. The molecule has 0 bridgehead atoms. The van der Waals surface area contributed by atoms with Crippen molar-refractivity contribution in [1.29, 1.82) is 0 Å². The van der Waals surface area contributed by atoms with Crippen LogP contribution in [0.2, 0.25) is 0 Å². The maximum atomic E-state index is 4.77. The van der Waals surface area contributed by atoms with Gasteiger partial charge in [0.25, 0.3) is 0 Å². The van der Waals surface area contributed by atoms with Crippen molar-refractivity contribution in [3.63, 3.8) is 0 Å². The molecule has 1 aliphatic rings. The summed E-state index contributed by atoms with van der Waals surface area (Å²) in [5.74, 6) is 2.03. The number of nitrogens with zero attached hydrogens (tertiary/aromatic N) is 2. The fourth-order valence-corrected chi connectivity index (χ4v) is 3.30. The molecule has 19 heavy (non-hydrogen) atoms. The van der Waals surface area contributed by atoms with Crippen LogP contribution >= 0.6 is 15.9 Å². The van der Waals surface area contributed by atoms with Gasteiger partial charge in [-0.25, -0.2) is 4.98 Å². The number of hydrogen-bond acceptors (Lipinski definition) is 2. The molecule has 0 aliphatic carbocycles. The standard InChI is InChI=1S/C15H20BrN3/c1-19-14-6-5-12(16)9-13(14)18-15(19)7-4-11-3-2-8-17-10-11/h5-6,9,11,17H,2-4,7-8,10H2,1H3. The minimum absolute atomic E-state index is 0.820. The largest absolute Gasteiger partial charge is 0.331 e. The summed E-state index contributed by atoms with van der Waals surface area (Å²) in [6.45, 7) is 2.37. The minimum atomic E-state index is 0.820. The number of imidazole rings is 1. The molecule has 3 nitrogen and oxygen atoms in total. The Balaban J connectivity index is 1.75. The van der Waals surface area contributed by atoms with E-state index in [-0.39, 0.29) is 0 Å². The van der Waals surface area contributed by atoms with Crippen molar-refractivity contribution in [2.45, 2.75) is 25.7 Å². The first kappa shape index (κ1) is 13.1. The van der Waals surface area contributed by atoms with E-state index in [0.717, 1.165) is 22.3 Å². The highest BCUT2D eigenvalue weighted by molar-refractivity contribution is 9.10. The average Bonchev–Trinajstić information content (AvgIpc) is 2.74. The number of halogens is 1. The van der Waals surface area contributed by atoms with Crippen LogP contribution in [0.1, 0.15) is 25.1 Å². The van der Waals surface area contributed by atoms with E-state index in [1.54, 1.807) is 0 Å². The third-order valence-electron chi connectivity index (χ3n) is 4.11.